The summed E-state index contributed by atoms with van der Waals surface area (Å²) < 4.78 is 5.19. The van der Waals surface area contributed by atoms with Gasteiger partial charge in [0, 0.05) is 13.1 Å². The number of rotatable bonds is 3. The van der Waals surface area contributed by atoms with Gasteiger partial charge in [0.05, 0.1) is 18.6 Å². The molecule has 1 aromatic rings. The van der Waals surface area contributed by atoms with Crippen molar-refractivity contribution in [1.29, 1.82) is 0 Å². The second-order valence-corrected chi connectivity index (χ2v) is 4.78. The molecule has 0 aromatic heterocycles. The predicted molar refractivity (Wildman–Crippen MR) is 69.4 cm³/mol. The average Bonchev–Trinajstić information content (AvgIpc) is 2.87. The number of aryl methyl sites for hydroxylation is 1. The average molecular weight is 263 g/mol. The van der Waals surface area contributed by atoms with E-state index >= 15 is 0 Å². The first kappa shape index (κ1) is 13.4. The van der Waals surface area contributed by atoms with Gasteiger partial charge in [-0.3, -0.25) is 9.59 Å². The molecule has 1 unspecified atom stereocenters. The van der Waals surface area contributed by atoms with Gasteiger partial charge in [0.2, 0.25) is 0 Å². The molecule has 1 saturated heterocycles. The number of likely N-dealkylation sites (tertiary alicyclic amines) is 1. The number of nitrogens with zero attached hydrogens (tertiary/aromatic N) is 1. The van der Waals surface area contributed by atoms with Crippen LogP contribution in [-0.4, -0.2) is 42.1 Å². The van der Waals surface area contributed by atoms with Gasteiger partial charge in [0.1, 0.15) is 5.75 Å². The number of carboxylic acid groups (broad SMARTS) is 1. The zero-order valence-electron chi connectivity index (χ0n) is 11.0. The SMILES string of the molecule is COc1ccc(C)cc1C(=O)N1CCC(C(=O)O)C1. The lowest BCUT2D eigenvalue weighted by atomic mass is 10.1. The van der Waals surface area contributed by atoms with E-state index < -0.39 is 11.9 Å². The van der Waals surface area contributed by atoms with Crippen molar-refractivity contribution < 1.29 is 19.4 Å². The van der Waals surface area contributed by atoms with Crippen LogP contribution < -0.4 is 4.74 Å². The summed E-state index contributed by atoms with van der Waals surface area (Å²) in [6.45, 7) is 2.65. The standard InChI is InChI=1S/C14H17NO4/c1-9-3-4-12(19-2)11(7-9)13(16)15-6-5-10(8-15)14(17)18/h3-4,7,10H,5-6,8H2,1-2H3,(H,17,18). The molecule has 0 saturated carbocycles. The first-order valence-corrected chi connectivity index (χ1v) is 6.19. The van der Waals surface area contributed by atoms with Crippen LogP contribution in [0.3, 0.4) is 0 Å². The highest BCUT2D eigenvalue weighted by Crippen LogP contribution is 2.25. The first-order valence-electron chi connectivity index (χ1n) is 6.19. The third kappa shape index (κ3) is 2.70. The molecule has 1 N–H and O–H groups in total. The van der Waals surface area contributed by atoms with E-state index in [1.54, 1.807) is 17.0 Å². The molecular weight excluding hydrogens is 246 g/mol. The molecule has 102 valence electrons. The van der Waals surface area contributed by atoms with Crippen molar-refractivity contribution in [2.45, 2.75) is 13.3 Å². The molecule has 1 atom stereocenters. The smallest absolute Gasteiger partial charge is 0.308 e. The molecule has 1 fully saturated rings. The molecule has 5 nitrogen and oxygen atoms in total. The molecule has 0 spiro atoms. The second kappa shape index (κ2) is 5.30. The van der Waals surface area contributed by atoms with E-state index in [4.69, 9.17) is 9.84 Å². The minimum atomic E-state index is -0.841. The fourth-order valence-corrected chi connectivity index (χ4v) is 2.31. The van der Waals surface area contributed by atoms with Gasteiger partial charge in [-0.15, -0.1) is 0 Å². The number of ether oxygens (including phenoxy) is 1. The molecule has 1 heterocycles. The van der Waals surface area contributed by atoms with Gasteiger partial charge in [-0.1, -0.05) is 11.6 Å². The Morgan fingerprint density at radius 3 is 2.74 bits per heavy atom. The Morgan fingerprint density at radius 1 is 1.42 bits per heavy atom. The molecular formula is C14H17NO4. The van der Waals surface area contributed by atoms with Crippen LogP contribution in [0.25, 0.3) is 0 Å². The lowest BCUT2D eigenvalue weighted by Gasteiger charge is -2.18. The maximum absolute atomic E-state index is 12.4. The number of carboxylic acids is 1. The minimum Gasteiger partial charge on any atom is -0.496 e. The molecule has 0 radical (unpaired) electrons. The summed E-state index contributed by atoms with van der Waals surface area (Å²) in [5.74, 6) is -0.940. The van der Waals surface area contributed by atoms with E-state index in [2.05, 4.69) is 0 Å². The molecule has 0 aliphatic carbocycles. The van der Waals surface area contributed by atoms with Crippen LogP contribution in [0, 0.1) is 12.8 Å². The van der Waals surface area contributed by atoms with Crippen molar-refractivity contribution in [3.63, 3.8) is 0 Å². The first-order chi connectivity index (χ1) is 9.02. The number of carbonyl (C=O) groups is 2. The maximum Gasteiger partial charge on any atom is 0.308 e. The number of aliphatic carboxylic acids is 1. The van der Waals surface area contributed by atoms with Crippen molar-refractivity contribution in [1.82, 2.24) is 4.90 Å². The lowest BCUT2D eigenvalue weighted by molar-refractivity contribution is -0.141. The van der Waals surface area contributed by atoms with E-state index in [-0.39, 0.29) is 12.5 Å². The summed E-state index contributed by atoms with van der Waals surface area (Å²) in [5.41, 5.74) is 1.46. The van der Waals surface area contributed by atoms with Crippen LogP contribution in [0.5, 0.6) is 5.75 Å². The van der Waals surface area contributed by atoms with Crippen LogP contribution in [0.4, 0.5) is 0 Å². The minimum absolute atomic E-state index is 0.163. The highest BCUT2D eigenvalue weighted by Gasteiger charge is 2.32. The van der Waals surface area contributed by atoms with Gasteiger partial charge in [-0.05, 0) is 25.5 Å². The van der Waals surface area contributed by atoms with Crippen LogP contribution in [0.1, 0.15) is 22.3 Å². The largest absolute Gasteiger partial charge is 0.496 e. The van der Waals surface area contributed by atoms with Crippen molar-refractivity contribution in [3.8, 4) is 5.75 Å². The van der Waals surface area contributed by atoms with Crippen LogP contribution in [-0.2, 0) is 4.79 Å². The van der Waals surface area contributed by atoms with Crippen LogP contribution >= 0.6 is 0 Å². The van der Waals surface area contributed by atoms with Gasteiger partial charge in [-0.2, -0.15) is 0 Å². The fourth-order valence-electron chi connectivity index (χ4n) is 2.31. The molecule has 19 heavy (non-hydrogen) atoms. The van der Waals surface area contributed by atoms with Crippen molar-refractivity contribution in [3.05, 3.63) is 29.3 Å². The number of hydrogen-bond donors (Lipinski definition) is 1. The lowest BCUT2D eigenvalue weighted by Crippen LogP contribution is -2.30. The Morgan fingerprint density at radius 2 is 2.16 bits per heavy atom. The number of methoxy groups -OCH3 is 1. The maximum atomic E-state index is 12.4. The van der Waals surface area contributed by atoms with Crippen molar-refractivity contribution in [2.75, 3.05) is 20.2 Å². The number of carbonyl (C=O) groups excluding carboxylic acids is 1. The third-order valence-electron chi connectivity index (χ3n) is 3.41. The van der Waals surface area contributed by atoms with Gasteiger partial charge in [-0.25, -0.2) is 0 Å². The van der Waals surface area contributed by atoms with E-state index in [0.29, 0.717) is 24.3 Å². The zero-order chi connectivity index (χ0) is 14.0. The molecule has 1 aliphatic rings. The topological polar surface area (TPSA) is 66.8 Å². The summed E-state index contributed by atoms with van der Waals surface area (Å²) in [6, 6.07) is 5.40. The van der Waals surface area contributed by atoms with Crippen LogP contribution in [0.2, 0.25) is 0 Å². The number of hydrogen-bond acceptors (Lipinski definition) is 3. The highest BCUT2D eigenvalue weighted by atomic mass is 16.5. The molecule has 5 heteroatoms. The van der Waals surface area contributed by atoms with Crippen LogP contribution in [0.15, 0.2) is 18.2 Å². The Labute approximate surface area is 111 Å². The van der Waals surface area contributed by atoms with Gasteiger partial charge in [0.15, 0.2) is 0 Å². The fraction of sp³-hybridized carbons (Fsp3) is 0.429. The monoisotopic (exact) mass is 263 g/mol. The Hall–Kier alpha value is -2.04. The molecule has 2 rings (SSSR count). The highest BCUT2D eigenvalue weighted by molar-refractivity contribution is 5.97. The molecule has 1 aliphatic heterocycles. The molecule has 0 bridgehead atoms. The Balaban J connectivity index is 2.21. The molecule has 1 aromatic carbocycles. The second-order valence-electron chi connectivity index (χ2n) is 4.78. The van der Waals surface area contributed by atoms with E-state index in [0.717, 1.165) is 5.56 Å². The third-order valence-corrected chi connectivity index (χ3v) is 3.41. The molecule has 1 amide bonds. The van der Waals surface area contributed by atoms with E-state index in [9.17, 15) is 9.59 Å². The Kier molecular flexibility index (Phi) is 3.74. The van der Waals surface area contributed by atoms with Crippen molar-refractivity contribution in [2.24, 2.45) is 5.92 Å². The summed E-state index contributed by atoms with van der Waals surface area (Å²) in [5, 5.41) is 8.97. The summed E-state index contributed by atoms with van der Waals surface area (Å²) >= 11 is 0. The summed E-state index contributed by atoms with van der Waals surface area (Å²) in [4.78, 5) is 24.9. The Bertz CT molecular complexity index is 512. The quantitative estimate of drug-likeness (QED) is 0.898. The van der Waals surface area contributed by atoms with Gasteiger partial charge in [0.25, 0.3) is 5.91 Å². The predicted octanol–water partition coefficient (Wildman–Crippen LogP) is 1.55. The summed E-state index contributed by atoms with van der Waals surface area (Å²) in [7, 11) is 1.52. The van der Waals surface area contributed by atoms with Gasteiger partial charge >= 0.3 is 5.97 Å². The van der Waals surface area contributed by atoms with E-state index in [1.807, 2.05) is 13.0 Å². The van der Waals surface area contributed by atoms with Gasteiger partial charge < -0.3 is 14.7 Å². The van der Waals surface area contributed by atoms with Crippen molar-refractivity contribution >= 4 is 11.9 Å². The zero-order valence-corrected chi connectivity index (χ0v) is 11.0. The number of amides is 1. The van der Waals surface area contributed by atoms with E-state index in [1.165, 1.54) is 7.11 Å². The normalized spacial score (nSPS) is 18.4. The number of benzene rings is 1. The summed E-state index contributed by atoms with van der Waals surface area (Å²) in [6.07, 6.45) is 0.509.